The van der Waals surface area contributed by atoms with E-state index in [2.05, 4.69) is 22.3 Å². The van der Waals surface area contributed by atoms with Gasteiger partial charge in [-0.15, -0.1) is 0 Å². The lowest BCUT2D eigenvalue weighted by molar-refractivity contribution is 0.471. The highest BCUT2D eigenvalue weighted by atomic mass is 35.5. The Balaban J connectivity index is 1.79. The summed E-state index contributed by atoms with van der Waals surface area (Å²) in [5.41, 5.74) is 2.14. The minimum atomic E-state index is -0.362. The first kappa shape index (κ1) is 13.4. The molecule has 0 spiro atoms. The van der Waals surface area contributed by atoms with Gasteiger partial charge in [0.15, 0.2) is 0 Å². The maximum absolute atomic E-state index is 13.6. The highest BCUT2D eigenvalue weighted by Crippen LogP contribution is 2.25. The fourth-order valence-electron chi connectivity index (χ4n) is 2.57. The fourth-order valence-corrected chi connectivity index (χ4v) is 2.69. The number of hydrogen-bond acceptors (Lipinski definition) is 2. The SMILES string of the molecule is Fc1cc(N2CCNC(c3ccccc3)C2)ccc1Cl. The maximum Gasteiger partial charge on any atom is 0.143 e. The minimum Gasteiger partial charge on any atom is -0.368 e. The van der Waals surface area contributed by atoms with Crippen LogP contribution in [0.2, 0.25) is 5.02 Å². The molecular formula is C16H16ClFN2. The molecule has 4 heteroatoms. The highest BCUT2D eigenvalue weighted by molar-refractivity contribution is 6.30. The van der Waals surface area contributed by atoms with Crippen molar-refractivity contribution in [1.82, 2.24) is 5.32 Å². The van der Waals surface area contributed by atoms with E-state index in [4.69, 9.17) is 11.6 Å². The van der Waals surface area contributed by atoms with Crippen LogP contribution in [0.3, 0.4) is 0 Å². The van der Waals surface area contributed by atoms with E-state index in [1.54, 1.807) is 6.07 Å². The second-order valence-electron chi connectivity index (χ2n) is 4.96. The standard InChI is InChI=1S/C16H16ClFN2/c17-14-7-6-13(10-15(14)18)20-9-8-19-16(11-20)12-4-2-1-3-5-12/h1-7,10,16,19H,8-9,11H2. The van der Waals surface area contributed by atoms with E-state index in [1.165, 1.54) is 11.6 Å². The molecule has 1 fully saturated rings. The van der Waals surface area contributed by atoms with Crippen LogP contribution in [0.1, 0.15) is 11.6 Å². The first-order chi connectivity index (χ1) is 9.74. The van der Waals surface area contributed by atoms with Crippen LogP contribution in [0.25, 0.3) is 0 Å². The summed E-state index contributed by atoms with van der Waals surface area (Å²) in [6, 6.07) is 15.6. The van der Waals surface area contributed by atoms with Gasteiger partial charge >= 0.3 is 0 Å². The normalized spacial score (nSPS) is 19.1. The molecule has 0 aromatic heterocycles. The molecule has 20 heavy (non-hydrogen) atoms. The summed E-state index contributed by atoms with van der Waals surface area (Å²) in [5, 5.41) is 3.67. The molecule has 1 heterocycles. The molecule has 0 amide bonds. The first-order valence-electron chi connectivity index (χ1n) is 6.72. The van der Waals surface area contributed by atoms with Crippen molar-refractivity contribution >= 4 is 17.3 Å². The molecule has 0 radical (unpaired) electrons. The van der Waals surface area contributed by atoms with Gasteiger partial charge in [-0.05, 0) is 23.8 Å². The number of anilines is 1. The van der Waals surface area contributed by atoms with Crippen LogP contribution in [0, 0.1) is 5.82 Å². The molecule has 1 unspecified atom stereocenters. The predicted octanol–water partition coefficient (Wildman–Crippen LogP) is 3.63. The quantitative estimate of drug-likeness (QED) is 0.908. The second kappa shape index (κ2) is 5.81. The van der Waals surface area contributed by atoms with Gasteiger partial charge in [0.2, 0.25) is 0 Å². The zero-order valence-electron chi connectivity index (χ0n) is 11.0. The van der Waals surface area contributed by atoms with E-state index in [9.17, 15) is 4.39 Å². The Labute approximate surface area is 123 Å². The molecule has 1 aliphatic heterocycles. The first-order valence-corrected chi connectivity index (χ1v) is 7.10. The van der Waals surface area contributed by atoms with E-state index in [1.807, 2.05) is 24.3 Å². The van der Waals surface area contributed by atoms with E-state index < -0.39 is 0 Å². The molecular weight excluding hydrogens is 275 g/mol. The number of piperazine rings is 1. The largest absolute Gasteiger partial charge is 0.368 e. The fraction of sp³-hybridized carbons (Fsp3) is 0.250. The minimum absolute atomic E-state index is 0.170. The summed E-state index contributed by atoms with van der Waals surface area (Å²) in [6.45, 7) is 2.57. The van der Waals surface area contributed by atoms with Crippen LogP contribution in [0.15, 0.2) is 48.5 Å². The van der Waals surface area contributed by atoms with Gasteiger partial charge < -0.3 is 10.2 Å². The Kier molecular flexibility index (Phi) is 3.90. The Hall–Kier alpha value is -1.58. The topological polar surface area (TPSA) is 15.3 Å². The zero-order valence-corrected chi connectivity index (χ0v) is 11.8. The van der Waals surface area contributed by atoms with Crippen molar-refractivity contribution in [3.63, 3.8) is 0 Å². The average molecular weight is 291 g/mol. The molecule has 1 saturated heterocycles. The summed E-state index contributed by atoms with van der Waals surface area (Å²) in [6.07, 6.45) is 0. The third-order valence-corrected chi connectivity index (χ3v) is 3.95. The summed E-state index contributed by atoms with van der Waals surface area (Å²) >= 11 is 5.74. The second-order valence-corrected chi connectivity index (χ2v) is 5.37. The number of nitrogens with zero attached hydrogens (tertiary/aromatic N) is 1. The van der Waals surface area contributed by atoms with E-state index in [0.29, 0.717) is 0 Å². The predicted molar refractivity (Wildman–Crippen MR) is 80.8 cm³/mol. The third-order valence-electron chi connectivity index (χ3n) is 3.65. The van der Waals surface area contributed by atoms with E-state index >= 15 is 0 Å². The smallest absolute Gasteiger partial charge is 0.143 e. The summed E-state index contributed by atoms with van der Waals surface area (Å²) in [7, 11) is 0. The average Bonchev–Trinajstić information content (AvgIpc) is 2.51. The summed E-state index contributed by atoms with van der Waals surface area (Å²) in [4.78, 5) is 2.19. The van der Waals surface area contributed by atoms with E-state index in [-0.39, 0.29) is 16.9 Å². The third kappa shape index (κ3) is 2.79. The molecule has 104 valence electrons. The molecule has 1 atom stereocenters. The van der Waals surface area contributed by atoms with Crippen LogP contribution in [0.5, 0.6) is 0 Å². The van der Waals surface area contributed by atoms with Crippen LogP contribution >= 0.6 is 11.6 Å². The van der Waals surface area contributed by atoms with Crippen LogP contribution in [0.4, 0.5) is 10.1 Å². The van der Waals surface area contributed by atoms with Crippen molar-refractivity contribution in [2.45, 2.75) is 6.04 Å². The monoisotopic (exact) mass is 290 g/mol. The molecule has 0 bridgehead atoms. The van der Waals surface area contributed by atoms with Crippen LogP contribution in [-0.4, -0.2) is 19.6 Å². The van der Waals surface area contributed by atoms with Crippen LogP contribution < -0.4 is 10.2 Å². The van der Waals surface area contributed by atoms with Crippen molar-refractivity contribution in [2.75, 3.05) is 24.5 Å². The van der Waals surface area contributed by atoms with Gasteiger partial charge in [0, 0.05) is 31.4 Å². The molecule has 0 saturated carbocycles. The molecule has 0 aliphatic carbocycles. The van der Waals surface area contributed by atoms with Gasteiger partial charge in [0.25, 0.3) is 0 Å². The molecule has 1 aliphatic rings. The molecule has 2 aromatic carbocycles. The summed E-state index contributed by atoms with van der Waals surface area (Å²) < 4.78 is 13.6. The highest BCUT2D eigenvalue weighted by Gasteiger charge is 2.21. The lowest BCUT2D eigenvalue weighted by Crippen LogP contribution is -2.45. The zero-order chi connectivity index (χ0) is 13.9. The Morgan fingerprint density at radius 2 is 1.95 bits per heavy atom. The van der Waals surface area contributed by atoms with Crippen molar-refractivity contribution in [2.24, 2.45) is 0 Å². The van der Waals surface area contributed by atoms with Crippen molar-refractivity contribution in [1.29, 1.82) is 0 Å². The number of nitrogens with one attached hydrogen (secondary N) is 1. The molecule has 3 rings (SSSR count). The van der Waals surface area contributed by atoms with Crippen molar-refractivity contribution in [3.8, 4) is 0 Å². The van der Waals surface area contributed by atoms with E-state index in [0.717, 1.165) is 25.3 Å². The Morgan fingerprint density at radius 3 is 2.70 bits per heavy atom. The Morgan fingerprint density at radius 1 is 1.15 bits per heavy atom. The number of rotatable bonds is 2. The van der Waals surface area contributed by atoms with Gasteiger partial charge in [-0.1, -0.05) is 41.9 Å². The lowest BCUT2D eigenvalue weighted by Gasteiger charge is -2.35. The van der Waals surface area contributed by atoms with Crippen molar-refractivity contribution in [3.05, 3.63) is 64.9 Å². The maximum atomic E-state index is 13.6. The van der Waals surface area contributed by atoms with Gasteiger partial charge in [-0.25, -0.2) is 4.39 Å². The molecule has 2 aromatic rings. The number of halogens is 2. The van der Waals surface area contributed by atoms with Crippen LogP contribution in [-0.2, 0) is 0 Å². The number of hydrogen-bond donors (Lipinski definition) is 1. The lowest BCUT2D eigenvalue weighted by atomic mass is 10.0. The van der Waals surface area contributed by atoms with Gasteiger partial charge in [-0.2, -0.15) is 0 Å². The summed E-state index contributed by atoms with van der Waals surface area (Å²) in [5.74, 6) is -0.362. The number of benzene rings is 2. The van der Waals surface area contributed by atoms with Gasteiger partial charge in [0.05, 0.1) is 5.02 Å². The molecule has 1 N–H and O–H groups in total. The van der Waals surface area contributed by atoms with Crippen molar-refractivity contribution < 1.29 is 4.39 Å². The molecule has 2 nitrogen and oxygen atoms in total. The Bertz CT molecular complexity index is 588. The van der Waals surface area contributed by atoms with Gasteiger partial charge in [-0.3, -0.25) is 0 Å². The van der Waals surface area contributed by atoms with Gasteiger partial charge in [0.1, 0.15) is 5.82 Å².